The molecule has 0 aliphatic heterocycles. The largest absolute Gasteiger partial charge is 0.280 e. The standard InChI is InChI=1S/C16H18N4S2/c1-2-19(11-13-7-4-3-5-8-13)12-20-16(21)17-15(18-20)14-9-6-10-22-14/h3-10H,2,11-12H2,1H3,(H,17,18,21). The Bertz CT molecular complexity index is 759. The van der Waals surface area contributed by atoms with Crippen LogP contribution >= 0.6 is 23.6 Å². The normalized spacial score (nSPS) is 11.2. The molecule has 3 aromatic rings. The molecule has 6 heteroatoms. The molecule has 0 radical (unpaired) electrons. The third kappa shape index (κ3) is 3.52. The summed E-state index contributed by atoms with van der Waals surface area (Å²) < 4.78 is 2.52. The Morgan fingerprint density at radius 1 is 1.23 bits per heavy atom. The molecule has 0 saturated carbocycles. The lowest BCUT2D eigenvalue weighted by atomic mass is 10.2. The lowest BCUT2D eigenvalue weighted by Crippen LogP contribution is -2.26. The minimum absolute atomic E-state index is 0.593. The van der Waals surface area contributed by atoms with E-state index in [4.69, 9.17) is 12.2 Å². The van der Waals surface area contributed by atoms with Gasteiger partial charge in [-0.15, -0.1) is 11.3 Å². The number of benzene rings is 1. The Labute approximate surface area is 139 Å². The van der Waals surface area contributed by atoms with Crippen molar-refractivity contribution in [3.05, 3.63) is 58.2 Å². The SMILES string of the molecule is CCN(Cc1ccccc1)Cn1[nH]c(-c2cccs2)nc1=S. The number of rotatable bonds is 6. The summed E-state index contributed by atoms with van der Waals surface area (Å²) in [6.45, 7) is 4.71. The summed E-state index contributed by atoms with van der Waals surface area (Å²) in [6, 6.07) is 14.5. The Morgan fingerprint density at radius 2 is 2.05 bits per heavy atom. The topological polar surface area (TPSA) is 36.9 Å². The third-order valence-electron chi connectivity index (χ3n) is 3.47. The van der Waals surface area contributed by atoms with Crippen LogP contribution < -0.4 is 0 Å². The van der Waals surface area contributed by atoms with Crippen LogP contribution in [0.5, 0.6) is 0 Å². The third-order valence-corrected chi connectivity index (χ3v) is 4.66. The highest BCUT2D eigenvalue weighted by atomic mass is 32.1. The predicted octanol–water partition coefficient (Wildman–Crippen LogP) is 4.15. The number of hydrogen-bond acceptors (Lipinski definition) is 4. The zero-order valence-corrected chi connectivity index (χ0v) is 14.0. The minimum Gasteiger partial charge on any atom is -0.280 e. The van der Waals surface area contributed by atoms with Gasteiger partial charge in [-0.1, -0.05) is 43.3 Å². The van der Waals surface area contributed by atoms with Crippen molar-refractivity contribution in [3.8, 4) is 10.7 Å². The van der Waals surface area contributed by atoms with Gasteiger partial charge in [0.25, 0.3) is 0 Å². The van der Waals surface area contributed by atoms with Crippen LogP contribution in [0, 0.1) is 4.77 Å². The number of nitrogens with zero attached hydrogens (tertiary/aromatic N) is 3. The number of aromatic nitrogens is 3. The summed E-state index contributed by atoms with van der Waals surface area (Å²) in [5, 5.41) is 5.35. The second kappa shape index (κ2) is 7.00. The maximum absolute atomic E-state index is 5.38. The van der Waals surface area contributed by atoms with E-state index in [9.17, 15) is 0 Å². The predicted molar refractivity (Wildman–Crippen MR) is 93.3 cm³/mol. The Hall–Kier alpha value is -1.76. The van der Waals surface area contributed by atoms with Gasteiger partial charge in [0.05, 0.1) is 11.5 Å². The molecule has 0 aliphatic rings. The first kappa shape index (κ1) is 15.1. The minimum atomic E-state index is 0.593. The first-order valence-electron chi connectivity index (χ1n) is 7.23. The first-order chi connectivity index (χ1) is 10.8. The molecule has 0 bridgehead atoms. The molecule has 2 aromatic heterocycles. The molecule has 0 atom stereocenters. The van der Waals surface area contributed by atoms with Crippen molar-refractivity contribution in [2.45, 2.75) is 20.1 Å². The Morgan fingerprint density at radius 3 is 2.73 bits per heavy atom. The van der Waals surface area contributed by atoms with Crippen LogP contribution in [0.15, 0.2) is 47.8 Å². The van der Waals surface area contributed by atoms with Crippen LogP contribution in [0.25, 0.3) is 10.7 Å². The molecular formula is C16H18N4S2. The summed E-state index contributed by atoms with van der Waals surface area (Å²) in [7, 11) is 0. The maximum Gasteiger partial charge on any atom is 0.217 e. The van der Waals surface area contributed by atoms with Gasteiger partial charge in [0.15, 0.2) is 5.82 Å². The van der Waals surface area contributed by atoms with E-state index in [1.165, 1.54) is 5.56 Å². The molecule has 0 saturated heterocycles. The van der Waals surface area contributed by atoms with E-state index in [0.29, 0.717) is 11.4 Å². The highest BCUT2D eigenvalue weighted by molar-refractivity contribution is 7.71. The van der Waals surface area contributed by atoms with E-state index < -0.39 is 0 Å². The van der Waals surface area contributed by atoms with E-state index in [-0.39, 0.29) is 0 Å². The molecule has 0 amide bonds. The van der Waals surface area contributed by atoms with Crippen LogP contribution in [0.3, 0.4) is 0 Å². The van der Waals surface area contributed by atoms with E-state index in [1.807, 2.05) is 28.3 Å². The van der Waals surface area contributed by atoms with E-state index in [1.54, 1.807) is 11.3 Å². The van der Waals surface area contributed by atoms with Crippen LogP contribution in [0.1, 0.15) is 12.5 Å². The van der Waals surface area contributed by atoms with Crippen LogP contribution in [-0.4, -0.2) is 26.2 Å². The van der Waals surface area contributed by atoms with Gasteiger partial charge in [0.2, 0.25) is 4.77 Å². The van der Waals surface area contributed by atoms with Crippen molar-refractivity contribution < 1.29 is 0 Å². The summed E-state index contributed by atoms with van der Waals surface area (Å²) >= 11 is 7.03. The van der Waals surface area contributed by atoms with Crippen LogP contribution in [0.4, 0.5) is 0 Å². The summed E-state index contributed by atoms with van der Waals surface area (Å²) in [5.74, 6) is 0.843. The van der Waals surface area contributed by atoms with Crippen molar-refractivity contribution in [2.24, 2.45) is 0 Å². The molecule has 22 heavy (non-hydrogen) atoms. The number of nitrogens with one attached hydrogen (secondary N) is 1. The Balaban J connectivity index is 1.75. The van der Waals surface area contributed by atoms with Crippen LogP contribution in [0.2, 0.25) is 0 Å². The summed E-state index contributed by atoms with van der Waals surface area (Å²) in [6.07, 6.45) is 0. The Kier molecular flexibility index (Phi) is 4.82. The number of thiophene rings is 1. The molecule has 2 heterocycles. The lowest BCUT2D eigenvalue weighted by molar-refractivity contribution is 0.208. The highest BCUT2D eigenvalue weighted by Crippen LogP contribution is 2.20. The monoisotopic (exact) mass is 330 g/mol. The molecule has 1 N–H and O–H groups in total. The lowest BCUT2D eigenvalue weighted by Gasteiger charge is -2.20. The maximum atomic E-state index is 5.38. The van der Waals surface area contributed by atoms with Crippen LogP contribution in [-0.2, 0) is 13.2 Å². The zero-order chi connectivity index (χ0) is 15.4. The van der Waals surface area contributed by atoms with Crippen molar-refractivity contribution >= 4 is 23.6 Å². The summed E-state index contributed by atoms with van der Waals surface area (Å²) in [4.78, 5) is 7.88. The fraction of sp³-hybridized carbons (Fsp3) is 0.250. The quantitative estimate of drug-likeness (QED) is 0.690. The van der Waals surface area contributed by atoms with E-state index in [0.717, 1.165) is 23.8 Å². The number of H-pyrrole nitrogens is 1. The zero-order valence-electron chi connectivity index (χ0n) is 12.4. The fourth-order valence-corrected chi connectivity index (χ4v) is 3.14. The smallest absolute Gasteiger partial charge is 0.217 e. The van der Waals surface area contributed by atoms with Gasteiger partial charge in [0, 0.05) is 6.54 Å². The van der Waals surface area contributed by atoms with Crippen molar-refractivity contribution in [1.29, 1.82) is 0 Å². The summed E-state index contributed by atoms with van der Waals surface area (Å²) in [5.41, 5.74) is 1.30. The van der Waals surface area contributed by atoms with E-state index in [2.05, 4.69) is 46.2 Å². The first-order valence-corrected chi connectivity index (χ1v) is 8.52. The van der Waals surface area contributed by atoms with Crippen molar-refractivity contribution in [2.75, 3.05) is 6.54 Å². The average Bonchev–Trinajstić information content (AvgIpc) is 3.18. The van der Waals surface area contributed by atoms with Gasteiger partial charge in [-0.2, -0.15) is 4.98 Å². The molecule has 0 spiro atoms. The van der Waals surface area contributed by atoms with Gasteiger partial charge < -0.3 is 0 Å². The van der Waals surface area contributed by atoms with Crippen molar-refractivity contribution in [1.82, 2.24) is 19.7 Å². The fourth-order valence-electron chi connectivity index (χ4n) is 2.28. The van der Waals surface area contributed by atoms with E-state index >= 15 is 0 Å². The molecule has 4 nitrogen and oxygen atoms in total. The van der Waals surface area contributed by atoms with Crippen molar-refractivity contribution in [3.63, 3.8) is 0 Å². The molecule has 0 fully saturated rings. The van der Waals surface area contributed by atoms with Gasteiger partial charge >= 0.3 is 0 Å². The number of hydrogen-bond donors (Lipinski definition) is 1. The molecule has 114 valence electrons. The molecule has 0 aliphatic carbocycles. The highest BCUT2D eigenvalue weighted by Gasteiger charge is 2.09. The van der Waals surface area contributed by atoms with Gasteiger partial charge in [0.1, 0.15) is 0 Å². The molecule has 3 rings (SSSR count). The second-order valence-electron chi connectivity index (χ2n) is 5.03. The van der Waals surface area contributed by atoms with Gasteiger partial charge in [-0.3, -0.25) is 10.00 Å². The molecular weight excluding hydrogens is 312 g/mol. The average molecular weight is 330 g/mol. The van der Waals surface area contributed by atoms with Gasteiger partial charge in [-0.05, 0) is 35.8 Å². The molecule has 1 aromatic carbocycles. The number of aromatic amines is 1. The second-order valence-corrected chi connectivity index (χ2v) is 6.35. The molecule has 0 unspecified atom stereocenters. The van der Waals surface area contributed by atoms with Gasteiger partial charge in [-0.25, -0.2) is 4.68 Å².